The molecule has 16 heavy (non-hydrogen) atoms. The summed E-state index contributed by atoms with van der Waals surface area (Å²) >= 11 is 0. The Bertz CT molecular complexity index is 387. The second-order valence-electron chi connectivity index (χ2n) is 3.61. The van der Waals surface area contributed by atoms with Gasteiger partial charge in [-0.15, -0.1) is 0 Å². The molecule has 5 nitrogen and oxygen atoms in total. The van der Waals surface area contributed by atoms with E-state index in [0.717, 1.165) is 0 Å². The molecule has 1 aromatic carbocycles. The molecule has 1 rings (SSSR count). The van der Waals surface area contributed by atoms with Gasteiger partial charge in [0, 0.05) is 11.3 Å². The first-order chi connectivity index (χ1) is 7.49. The van der Waals surface area contributed by atoms with Crippen LogP contribution in [0.1, 0.15) is 10.4 Å². The molecule has 0 aromatic heterocycles. The van der Waals surface area contributed by atoms with E-state index in [1.165, 1.54) is 4.90 Å². The zero-order chi connectivity index (χ0) is 12.1. The van der Waals surface area contributed by atoms with Gasteiger partial charge in [-0.2, -0.15) is 0 Å². The molecule has 86 valence electrons. The minimum atomic E-state index is -0.951. The van der Waals surface area contributed by atoms with Gasteiger partial charge in [-0.05, 0) is 31.3 Å². The van der Waals surface area contributed by atoms with E-state index in [0.29, 0.717) is 11.3 Å². The van der Waals surface area contributed by atoms with Crippen molar-refractivity contribution in [2.45, 2.75) is 0 Å². The molecule has 0 radical (unpaired) electrons. The predicted octanol–water partition coefficient (Wildman–Crippen LogP) is 0.468. The largest absolute Gasteiger partial charge is 0.480 e. The number of ketones is 1. The lowest BCUT2D eigenvalue weighted by Crippen LogP contribution is -2.30. The lowest BCUT2D eigenvalue weighted by molar-refractivity contribution is -0.137. The number of carboxylic acid groups (broad SMARTS) is 1. The molecule has 3 N–H and O–H groups in total. The van der Waals surface area contributed by atoms with Gasteiger partial charge >= 0.3 is 5.97 Å². The van der Waals surface area contributed by atoms with Crippen molar-refractivity contribution in [2.75, 3.05) is 25.9 Å². The van der Waals surface area contributed by atoms with Crippen LogP contribution in [0.4, 0.5) is 5.69 Å². The van der Waals surface area contributed by atoms with Gasteiger partial charge in [0.15, 0.2) is 5.78 Å². The van der Waals surface area contributed by atoms with Gasteiger partial charge in [0.05, 0.1) is 13.1 Å². The molecule has 0 bridgehead atoms. The van der Waals surface area contributed by atoms with E-state index in [1.54, 1.807) is 31.3 Å². The predicted molar refractivity (Wildman–Crippen MR) is 60.3 cm³/mol. The van der Waals surface area contributed by atoms with Crippen LogP contribution < -0.4 is 5.73 Å². The van der Waals surface area contributed by atoms with Crippen LogP contribution in [0.2, 0.25) is 0 Å². The summed E-state index contributed by atoms with van der Waals surface area (Å²) in [4.78, 5) is 23.5. The maximum absolute atomic E-state index is 11.7. The van der Waals surface area contributed by atoms with E-state index >= 15 is 0 Å². The van der Waals surface area contributed by atoms with Gasteiger partial charge in [0.25, 0.3) is 0 Å². The van der Waals surface area contributed by atoms with E-state index in [1.807, 2.05) is 0 Å². The first kappa shape index (κ1) is 12.2. The molecular formula is C11H14N2O3. The fourth-order valence-corrected chi connectivity index (χ4v) is 1.29. The number of nitrogens with two attached hydrogens (primary N) is 1. The van der Waals surface area contributed by atoms with Crippen LogP contribution in [0.3, 0.4) is 0 Å². The standard InChI is InChI=1S/C11H14N2O3/c1-13(7-11(15)16)6-10(14)8-2-4-9(12)5-3-8/h2-5H,6-7,12H2,1H3,(H,15,16). The third-order valence-corrected chi connectivity index (χ3v) is 2.05. The Labute approximate surface area is 93.5 Å². The summed E-state index contributed by atoms with van der Waals surface area (Å²) in [7, 11) is 1.59. The van der Waals surface area contributed by atoms with Gasteiger partial charge in [0.2, 0.25) is 0 Å². The number of nitrogen functional groups attached to an aromatic ring is 1. The molecule has 1 aromatic rings. The minimum Gasteiger partial charge on any atom is -0.480 e. The molecular weight excluding hydrogens is 208 g/mol. The van der Waals surface area contributed by atoms with Crippen molar-refractivity contribution in [3.63, 3.8) is 0 Å². The van der Waals surface area contributed by atoms with E-state index < -0.39 is 5.97 Å². The average Bonchev–Trinajstić information content (AvgIpc) is 2.16. The summed E-state index contributed by atoms with van der Waals surface area (Å²) in [6.45, 7) is -0.0725. The van der Waals surface area contributed by atoms with Crippen molar-refractivity contribution in [1.82, 2.24) is 4.90 Å². The maximum atomic E-state index is 11.7. The molecule has 0 atom stereocenters. The molecule has 0 aliphatic carbocycles. The Balaban J connectivity index is 2.58. The first-order valence-corrected chi connectivity index (χ1v) is 4.78. The molecule has 5 heteroatoms. The van der Waals surface area contributed by atoms with Gasteiger partial charge in [-0.25, -0.2) is 0 Å². The number of carbonyl (C=O) groups excluding carboxylic acids is 1. The van der Waals surface area contributed by atoms with Crippen molar-refractivity contribution in [1.29, 1.82) is 0 Å². The topological polar surface area (TPSA) is 83.6 Å². The molecule has 0 spiro atoms. The van der Waals surface area contributed by atoms with E-state index in [-0.39, 0.29) is 18.9 Å². The lowest BCUT2D eigenvalue weighted by atomic mass is 10.1. The number of nitrogens with zero attached hydrogens (tertiary/aromatic N) is 1. The minimum absolute atomic E-state index is 0.0796. The number of aliphatic carboxylic acids is 1. The number of anilines is 1. The van der Waals surface area contributed by atoms with Crippen molar-refractivity contribution in [2.24, 2.45) is 0 Å². The third-order valence-electron chi connectivity index (χ3n) is 2.05. The summed E-state index contributed by atoms with van der Waals surface area (Å²) in [5.74, 6) is -1.07. The summed E-state index contributed by atoms with van der Waals surface area (Å²) < 4.78 is 0. The Morgan fingerprint density at radius 3 is 2.31 bits per heavy atom. The SMILES string of the molecule is CN(CC(=O)O)CC(=O)c1ccc(N)cc1. The van der Waals surface area contributed by atoms with Crippen molar-refractivity contribution >= 4 is 17.4 Å². The zero-order valence-electron chi connectivity index (χ0n) is 9.01. The van der Waals surface area contributed by atoms with E-state index in [4.69, 9.17) is 10.8 Å². The van der Waals surface area contributed by atoms with Crippen LogP contribution in [0.5, 0.6) is 0 Å². The van der Waals surface area contributed by atoms with Gasteiger partial charge in [-0.3, -0.25) is 14.5 Å². The Kier molecular flexibility index (Phi) is 4.02. The number of hydrogen-bond acceptors (Lipinski definition) is 4. The summed E-state index contributed by atoms with van der Waals surface area (Å²) in [6.07, 6.45) is 0. The molecule has 0 aliphatic heterocycles. The molecule has 0 amide bonds. The number of benzene rings is 1. The third kappa shape index (κ3) is 3.70. The highest BCUT2D eigenvalue weighted by Gasteiger charge is 2.11. The molecule has 0 aliphatic rings. The fraction of sp³-hybridized carbons (Fsp3) is 0.273. The quantitative estimate of drug-likeness (QED) is 0.559. The number of carbonyl (C=O) groups is 2. The highest BCUT2D eigenvalue weighted by atomic mass is 16.4. The lowest BCUT2D eigenvalue weighted by Gasteiger charge is -2.12. The van der Waals surface area contributed by atoms with Crippen LogP contribution in [-0.4, -0.2) is 41.9 Å². The van der Waals surface area contributed by atoms with Gasteiger partial charge in [-0.1, -0.05) is 0 Å². The van der Waals surface area contributed by atoms with Crippen LogP contribution in [0, 0.1) is 0 Å². The monoisotopic (exact) mass is 222 g/mol. The van der Waals surface area contributed by atoms with Crippen LogP contribution in [-0.2, 0) is 4.79 Å². The van der Waals surface area contributed by atoms with Gasteiger partial charge in [0.1, 0.15) is 0 Å². The normalized spacial score (nSPS) is 10.4. The van der Waals surface area contributed by atoms with Crippen LogP contribution in [0.25, 0.3) is 0 Å². The number of Topliss-reactive ketones (excluding diaryl/α,β-unsaturated/α-hetero) is 1. The number of hydrogen-bond donors (Lipinski definition) is 2. The summed E-state index contributed by atoms with van der Waals surface area (Å²) in [6, 6.07) is 6.55. The molecule has 0 heterocycles. The first-order valence-electron chi connectivity index (χ1n) is 4.78. The van der Waals surface area contributed by atoms with Crippen molar-refractivity contribution < 1.29 is 14.7 Å². The Hall–Kier alpha value is -1.88. The highest BCUT2D eigenvalue weighted by Crippen LogP contribution is 2.06. The zero-order valence-corrected chi connectivity index (χ0v) is 9.01. The number of likely N-dealkylation sites (N-methyl/N-ethyl adjacent to an activating group) is 1. The Morgan fingerprint density at radius 2 is 1.81 bits per heavy atom. The van der Waals surface area contributed by atoms with E-state index in [2.05, 4.69) is 0 Å². The smallest absolute Gasteiger partial charge is 0.317 e. The van der Waals surface area contributed by atoms with Crippen LogP contribution in [0.15, 0.2) is 24.3 Å². The van der Waals surface area contributed by atoms with Gasteiger partial charge < -0.3 is 10.8 Å². The fourth-order valence-electron chi connectivity index (χ4n) is 1.29. The average molecular weight is 222 g/mol. The highest BCUT2D eigenvalue weighted by molar-refractivity contribution is 5.98. The summed E-state index contributed by atoms with van der Waals surface area (Å²) in [5, 5.41) is 8.53. The second-order valence-corrected chi connectivity index (χ2v) is 3.61. The van der Waals surface area contributed by atoms with Crippen LogP contribution >= 0.6 is 0 Å². The Morgan fingerprint density at radius 1 is 1.25 bits per heavy atom. The molecule has 0 saturated carbocycles. The van der Waals surface area contributed by atoms with Crippen molar-refractivity contribution in [3.05, 3.63) is 29.8 Å². The second kappa shape index (κ2) is 5.27. The van der Waals surface area contributed by atoms with E-state index in [9.17, 15) is 9.59 Å². The number of carboxylic acids is 1. The van der Waals surface area contributed by atoms with Crippen molar-refractivity contribution in [3.8, 4) is 0 Å². The number of rotatable bonds is 5. The maximum Gasteiger partial charge on any atom is 0.317 e. The molecule has 0 fully saturated rings. The summed E-state index contributed by atoms with van der Waals surface area (Å²) in [5.41, 5.74) is 6.62. The molecule has 0 saturated heterocycles. The molecule has 0 unspecified atom stereocenters.